The number of halogens is 8. The standard InChI is InChI=1S/C24H23F8N5O3S/c25-16-11-15(12-34-13-16)20(22(38)35-17-5-9-40-10-6-17)37(23(39)21-24(26,27)7-8-36(21)14-33)18-1-3-19(4-2-18)41(28,29,30,31)32/h1-4,11-13,17,20-21H,5-10H2,(H,35,38). The van der Waals surface area contributed by atoms with E-state index >= 15 is 0 Å². The summed E-state index contributed by atoms with van der Waals surface area (Å²) >= 11 is 0. The summed E-state index contributed by atoms with van der Waals surface area (Å²) in [5.41, 5.74) is -1.03. The number of hydrogen-bond donors (Lipinski definition) is 1. The molecule has 4 rings (SSSR count). The average molecular weight is 614 g/mol. The van der Waals surface area contributed by atoms with Gasteiger partial charge in [0.2, 0.25) is 5.91 Å². The van der Waals surface area contributed by atoms with Gasteiger partial charge in [-0.05, 0) is 43.2 Å². The van der Waals surface area contributed by atoms with E-state index < -0.39 is 75.5 Å². The van der Waals surface area contributed by atoms with Crippen LogP contribution in [0.15, 0.2) is 47.6 Å². The topological polar surface area (TPSA) is 98.6 Å². The van der Waals surface area contributed by atoms with Gasteiger partial charge in [-0.3, -0.25) is 24.4 Å². The number of nitriles is 1. The molecule has 2 fully saturated rings. The number of nitrogens with zero attached hydrogens (tertiary/aromatic N) is 4. The van der Waals surface area contributed by atoms with Gasteiger partial charge in [0.05, 0.1) is 6.20 Å². The fourth-order valence-corrected chi connectivity index (χ4v) is 5.35. The van der Waals surface area contributed by atoms with Gasteiger partial charge in [0.25, 0.3) is 11.8 Å². The Morgan fingerprint density at radius 3 is 2.32 bits per heavy atom. The zero-order chi connectivity index (χ0) is 30.3. The van der Waals surface area contributed by atoms with Crippen molar-refractivity contribution >= 4 is 27.7 Å². The second-order valence-corrected chi connectivity index (χ2v) is 12.0. The van der Waals surface area contributed by atoms with E-state index in [-0.39, 0.29) is 30.9 Å². The number of amides is 2. The lowest BCUT2D eigenvalue weighted by Gasteiger charge is -2.41. The van der Waals surface area contributed by atoms with Gasteiger partial charge in [0.15, 0.2) is 12.2 Å². The molecule has 41 heavy (non-hydrogen) atoms. The van der Waals surface area contributed by atoms with Crippen molar-refractivity contribution in [1.82, 2.24) is 15.2 Å². The van der Waals surface area contributed by atoms with E-state index in [9.17, 15) is 47.5 Å². The maximum Gasteiger partial charge on any atom is 0.310 e. The molecule has 3 heterocycles. The highest BCUT2D eigenvalue weighted by Crippen LogP contribution is 3.02. The van der Waals surface area contributed by atoms with E-state index in [1.165, 1.54) is 6.19 Å². The molecule has 0 bridgehead atoms. The Labute approximate surface area is 228 Å². The van der Waals surface area contributed by atoms with Crippen LogP contribution in [0.3, 0.4) is 0 Å². The molecule has 0 radical (unpaired) electrons. The summed E-state index contributed by atoms with van der Waals surface area (Å²) in [6.07, 6.45) is 2.83. The fraction of sp³-hybridized carbons (Fsp3) is 0.417. The van der Waals surface area contributed by atoms with Crippen molar-refractivity contribution in [1.29, 1.82) is 5.26 Å². The van der Waals surface area contributed by atoms with Crippen molar-refractivity contribution in [2.24, 2.45) is 0 Å². The summed E-state index contributed by atoms with van der Waals surface area (Å²) in [6, 6.07) is -3.55. The number of alkyl halides is 2. The maximum absolute atomic E-state index is 14.9. The molecule has 1 aromatic carbocycles. The number of hydrogen-bond acceptors (Lipinski definition) is 6. The highest BCUT2D eigenvalue weighted by atomic mass is 32.5. The minimum atomic E-state index is -10.2. The summed E-state index contributed by atoms with van der Waals surface area (Å²) < 4.78 is 116. The summed E-state index contributed by atoms with van der Waals surface area (Å²) in [4.78, 5) is 29.5. The van der Waals surface area contributed by atoms with Crippen molar-refractivity contribution in [3.8, 4) is 6.19 Å². The molecule has 2 aliphatic heterocycles. The van der Waals surface area contributed by atoms with E-state index in [1.54, 1.807) is 0 Å². The third-order valence-corrected chi connectivity index (χ3v) is 7.84. The SMILES string of the molecule is N#CN1CCC(F)(F)C1C(=O)N(c1ccc(S(F)(F)(F)(F)F)cc1)C(C(=O)NC1CCOCC1)c1cncc(F)c1. The van der Waals surface area contributed by atoms with Crippen LogP contribution in [0.5, 0.6) is 0 Å². The average Bonchev–Trinajstić information content (AvgIpc) is 3.20. The first-order valence-electron chi connectivity index (χ1n) is 12.1. The summed E-state index contributed by atoms with van der Waals surface area (Å²) in [7, 11) is -10.2. The molecule has 1 aromatic heterocycles. The van der Waals surface area contributed by atoms with Gasteiger partial charge in [0, 0.05) is 49.7 Å². The normalized spacial score (nSPS) is 21.7. The highest BCUT2D eigenvalue weighted by Gasteiger charge is 2.65. The van der Waals surface area contributed by atoms with Gasteiger partial charge in [-0.2, -0.15) is 5.26 Å². The Bertz CT molecular complexity index is 1370. The number of pyridine rings is 1. The Kier molecular flexibility index (Phi) is 7.40. The molecule has 2 aliphatic rings. The summed E-state index contributed by atoms with van der Waals surface area (Å²) in [5.74, 6) is -7.47. The van der Waals surface area contributed by atoms with Crippen LogP contribution < -0.4 is 10.2 Å². The number of nitrogens with one attached hydrogen (secondary N) is 1. The quantitative estimate of drug-likeness (QED) is 0.330. The second kappa shape index (κ2) is 10.0. The molecule has 2 unspecified atom stereocenters. The predicted octanol–water partition coefficient (Wildman–Crippen LogP) is 5.44. The van der Waals surface area contributed by atoms with E-state index in [1.807, 2.05) is 0 Å². The number of anilines is 1. The van der Waals surface area contributed by atoms with Crippen molar-refractivity contribution in [3.05, 3.63) is 54.1 Å². The fourth-order valence-electron chi connectivity index (χ4n) is 4.70. The molecule has 2 saturated heterocycles. The Balaban J connectivity index is 1.88. The minimum absolute atomic E-state index is 0.0523. The molecule has 2 aromatic rings. The van der Waals surface area contributed by atoms with Crippen molar-refractivity contribution < 1.29 is 46.9 Å². The Hall–Kier alpha value is -3.65. The Morgan fingerprint density at radius 2 is 1.76 bits per heavy atom. The molecule has 17 heteroatoms. The van der Waals surface area contributed by atoms with E-state index in [2.05, 4.69) is 10.3 Å². The van der Waals surface area contributed by atoms with Crippen molar-refractivity contribution in [2.75, 3.05) is 24.7 Å². The molecule has 224 valence electrons. The first kappa shape index (κ1) is 30.3. The number of aromatic nitrogens is 1. The van der Waals surface area contributed by atoms with E-state index in [0.29, 0.717) is 34.8 Å². The lowest BCUT2D eigenvalue weighted by atomic mass is 10.0. The molecule has 8 nitrogen and oxygen atoms in total. The number of likely N-dealkylation sites (tertiary alicyclic amines) is 1. The largest absolute Gasteiger partial charge is 0.381 e. The smallest absolute Gasteiger partial charge is 0.310 e. The highest BCUT2D eigenvalue weighted by molar-refractivity contribution is 8.45. The summed E-state index contributed by atoms with van der Waals surface area (Å²) in [5, 5.41) is 12.0. The van der Waals surface area contributed by atoms with Crippen molar-refractivity contribution in [2.45, 2.75) is 48.2 Å². The zero-order valence-corrected chi connectivity index (χ0v) is 21.8. The third-order valence-electron chi connectivity index (χ3n) is 6.67. The van der Waals surface area contributed by atoms with Crippen LogP contribution in [0.1, 0.15) is 30.9 Å². The van der Waals surface area contributed by atoms with Crippen LogP contribution in [0, 0.1) is 17.3 Å². The number of benzene rings is 1. The molecular formula is C24H23F8N5O3S. The predicted molar refractivity (Wildman–Crippen MR) is 130 cm³/mol. The van der Waals surface area contributed by atoms with Crippen LogP contribution in [0.4, 0.5) is 38.3 Å². The molecular weight excluding hydrogens is 590 g/mol. The van der Waals surface area contributed by atoms with Crippen LogP contribution >= 0.6 is 10.2 Å². The van der Waals surface area contributed by atoms with E-state index in [4.69, 9.17) is 4.74 Å². The van der Waals surface area contributed by atoms with Gasteiger partial charge in [-0.1, -0.05) is 19.4 Å². The zero-order valence-electron chi connectivity index (χ0n) is 21.0. The first-order valence-corrected chi connectivity index (χ1v) is 14.1. The van der Waals surface area contributed by atoms with Crippen LogP contribution in [0.25, 0.3) is 0 Å². The molecule has 0 saturated carbocycles. The van der Waals surface area contributed by atoms with Gasteiger partial charge < -0.3 is 10.1 Å². The monoisotopic (exact) mass is 613 g/mol. The summed E-state index contributed by atoms with van der Waals surface area (Å²) in [6.45, 7) is -0.0561. The van der Waals surface area contributed by atoms with Crippen LogP contribution in [-0.2, 0) is 14.3 Å². The number of carbonyl (C=O) groups excluding carboxylic acids is 2. The third kappa shape index (κ3) is 6.64. The van der Waals surface area contributed by atoms with Gasteiger partial charge in [-0.15, -0.1) is 0 Å². The first-order chi connectivity index (χ1) is 18.9. The number of carbonyl (C=O) groups is 2. The molecule has 2 amide bonds. The van der Waals surface area contributed by atoms with Crippen molar-refractivity contribution in [3.63, 3.8) is 0 Å². The molecule has 2 atom stereocenters. The second-order valence-electron chi connectivity index (χ2n) is 9.61. The molecule has 0 aliphatic carbocycles. The lowest BCUT2D eigenvalue weighted by Crippen LogP contribution is -2.55. The Morgan fingerprint density at radius 1 is 1.12 bits per heavy atom. The molecule has 1 N–H and O–H groups in total. The van der Waals surface area contributed by atoms with Crippen LogP contribution in [-0.4, -0.2) is 59.5 Å². The maximum atomic E-state index is 14.9. The van der Waals surface area contributed by atoms with Gasteiger partial charge in [-0.25, -0.2) is 13.2 Å². The van der Waals surface area contributed by atoms with Gasteiger partial charge >= 0.3 is 10.2 Å². The molecule has 0 spiro atoms. The minimum Gasteiger partial charge on any atom is -0.381 e. The number of ether oxygens (including phenoxy) is 1. The van der Waals surface area contributed by atoms with Crippen LogP contribution in [0.2, 0.25) is 0 Å². The van der Waals surface area contributed by atoms with E-state index in [0.717, 1.165) is 18.5 Å². The number of rotatable bonds is 7. The van der Waals surface area contributed by atoms with Gasteiger partial charge in [0.1, 0.15) is 16.8 Å². The lowest BCUT2D eigenvalue weighted by molar-refractivity contribution is -0.135.